The highest BCUT2D eigenvalue weighted by Gasteiger charge is 2.28. The predicted molar refractivity (Wildman–Crippen MR) is 124 cm³/mol. The van der Waals surface area contributed by atoms with Gasteiger partial charge in [0.25, 0.3) is 0 Å². The highest BCUT2D eigenvalue weighted by molar-refractivity contribution is 5.84. The van der Waals surface area contributed by atoms with E-state index in [1.807, 2.05) is 47.5 Å². The fourth-order valence-corrected chi connectivity index (χ4v) is 4.45. The Morgan fingerprint density at radius 1 is 1.03 bits per heavy atom. The molecule has 0 aliphatic carbocycles. The van der Waals surface area contributed by atoms with Crippen molar-refractivity contribution in [2.75, 3.05) is 19.6 Å². The number of hydrogen-bond acceptors (Lipinski definition) is 2. The van der Waals surface area contributed by atoms with Crippen molar-refractivity contribution in [1.82, 2.24) is 15.2 Å². The number of benzene rings is 2. The van der Waals surface area contributed by atoms with Crippen molar-refractivity contribution in [2.45, 2.75) is 38.5 Å². The summed E-state index contributed by atoms with van der Waals surface area (Å²) in [5.74, 6) is 0.136. The van der Waals surface area contributed by atoms with E-state index in [4.69, 9.17) is 0 Å². The Bertz CT molecular complexity index is 1010. The van der Waals surface area contributed by atoms with Crippen molar-refractivity contribution in [2.24, 2.45) is 5.92 Å². The van der Waals surface area contributed by atoms with Crippen molar-refractivity contribution in [1.29, 1.82) is 0 Å². The summed E-state index contributed by atoms with van der Waals surface area (Å²) in [6.45, 7) is 1.97. The van der Waals surface area contributed by atoms with Gasteiger partial charge in [-0.3, -0.25) is 9.59 Å². The third-order valence-corrected chi connectivity index (χ3v) is 6.21. The van der Waals surface area contributed by atoms with Crippen LogP contribution in [0.15, 0.2) is 60.8 Å². The van der Waals surface area contributed by atoms with E-state index in [0.717, 1.165) is 44.2 Å². The Kier molecular flexibility index (Phi) is 7.03. The predicted octanol–water partition coefficient (Wildman–Crippen LogP) is 4.09. The maximum atomic E-state index is 12.8. The van der Waals surface area contributed by atoms with Crippen molar-refractivity contribution in [3.05, 3.63) is 71.9 Å². The van der Waals surface area contributed by atoms with Gasteiger partial charge in [-0.15, -0.1) is 0 Å². The van der Waals surface area contributed by atoms with E-state index < -0.39 is 0 Å². The summed E-state index contributed by atoms with van der Waals surface area (Å²) in [5, 5.41) is 4.26. The monoisotopic (exact) mass is 417 g/mol. The molecule has 5 nitrogen and oxygen atoms in total. The molecule has 1 aliphatic rings. The van der Waals surface area contributed by atoms with E-state index >= 15 is 0 Å². The summed E-state index contributed by atoms with van der Waals surface area (Å²) in [6.07, 6.45) is 6.83. The number of piperidine rings is 1. The molecule has 3 aromatic rings. The number of aromatic nitrogens is 1. The lowest BCUT2D eigenvalue weighted by atomic mass is 9.96. The lowest BCUT2D eigenvalue weighted by molar-refractivity contribution is -0.135. The number of aryl methyl sites for hydroxylation is 2. The van der Waals surface area contributed by atoms with Gasteiger partial charge < -0.3 is 15.2 Å². The summed E-state index contributed by atoms with van der Waals surface area (Å²) >= 11 is 0. The molecule has 1 aromatic heterocycles. The Balaban J connectivity index is 1.22. The fraction of sp³-hybridized carbons (Fsp3) is 0.385. The lowest BCUT2D eigenvalue weighted by Crippen LogP contribution is -2.45. The van der Waals surface area contributed by atoms with Gasteiger partial charge in [0.05, 0.1) is 5.92 Å². The van der Waals surface area contributed by atoms with Gasteiger partial charge >= 0.3 is 0 Å². The number of para-hydroxylation sites is 1. The van der Waals surface area contributed by atoms with Crippen molar-refractivity contribution in [3.8, 4) is 0 Å². The number of nitrogens with one attached hydrogen (secondary N) is 2. The molecule has 162 valence electrons. The van der Waals surface area contributed by atoms with Crippen LogP contribution in [0.25, 0.3) is 10.9 Å². The summed E-state index contributed by atoms with van der Waals surface area (Å²) < 4.78 is 0. The second kappa shape index (κ2) is 10.3. The van der Waals surface area contributed by atoms with Gasteiger partial charge in [-0.05, 0) is 49.3 Å². The molecule has 0 spiro atoms. The van der Waals surface area contributed by atoms with Gasteiger partial charge in [0.15, 0.2) is 0 Å². The number of aromatic amines is 1. The quantitative estimate of drug-likeness (QED) is 0.542. The molecule has 2 heterocycles. The molecule has 5 heteroatoms. The summed E-state index contributed by atoms with van der Waals surface area (Å²) in [7, 11) is 0. The summed E-state index contributed by atoms with van der Waals surface area (Å²) in [6, 6.07) is 18.5. The first-order valence-corrected chi connectivity index (χ1v) is 11.3. The zero-order valence-electron chi connectivity index (χ0n) is 18.0. The number of H-pyrrole nitrogens is 1. The van der Waals surface area contributed by atoms with Crippen LogP contribution < -0.4 is 5.32 Å². The molecule has 0 saturated carbocycles. The topological polar surface area (TPSA) is 65.2 Å². The molecule has 1 atom stereocenters. The highest BCUT2D eigenvalue weighted by atomic mass is 16.2. The standard InChI is InChI=1S/C26H31N3O2/c30-25(15-14-21-18-28-24-13-5-4-12-23(21)24)29-17-7-11-22(19-29)26(31)27-16-6-10-20-8-2-1-3-9-20/h1-5,8-9,12-13,18,22,28H,6-7,10-11,14-17,19H2,(H,27,31)/t22-/m1/s1. The maximum Gasteiger partial charge on any atom is 0.224 e. The molecule has 0 bridgehead atoms. The lowest BCUT2D eigenvalue weighted by Gasteiger charge is -2.32. The largest absolute Gasteiger partial charge is 0.361 e. The SMILES string of the molecule is O=C(NCCCc1ccccc1)[C@@H]1CCCN(C(=O)CCc2c[nH]c3ccccc23)C1. The number of nitrogens with zero attached hydrogens (tertiary/aromatic N) is 1. The number of carbonyl (C=O) groups excluding carboxylic acids is 2. The zero-order chi connectivity index (χ0) is 21.5. The van der Waals surface area contributed by atoms with Crippen LogP contribution in [0.3, 0.4) is 0 Å². The number of amides is 2. The average Bonchev–Trinajstić information content (AvgIpc) is 3.24. The van der Waals surface area contributed by atoms with Crippen LogP contribution in [0.2, 0.25) is 0 Å². The van der Waals surface area contributed by atoms with E-state index in [1.165, 1.54) is 16.5 Å². The van der Waals surface area contributed by atoms with Gasteiger partial charge in [-0.2, -0.15) is 0 Å². The first kappa shape index (κ1) is 21.2. The van der Waals surface area contributed by atoms with Crippen LogP contribution in [-0.2, 0) is 22.4 Å². The van der Waals surface area contributed by atoms with Crippen LogP contribution in [0.1, 0.15) is 36.8 Å². The molecule has 0 radical (unpaired) electrons. The van der Waals surface area contributed by atoms with E-state index in [2.05, 4.69) is 28.5 Å². The number of fused-ring (bicyclic) bond motifs is 1. The van der Waals surface area contributed by atoms with E-state index in [9.17, 15) is 9.59 Å². The maximum absolute atomic E-state index is 12.8. The molecule has 0 unspecified atom stereocenters. The normalized spacial score (nSPS) is 16.4. The molecule has 1 saturated heterocycles. The summed E-state index contributed by atoms with van der Waals surface area (Å²) in [4.78, 5) is 30.6. The third kappa shape index (κ3) is 5.54. The Labute approximate surface area is 183 Å². The van der Waals surface area contributed by atoms with E-state index in [1.54, 1.807) is 0 Å². The van der Waals surface area contributed by atoms with E-state index in [0.29, 0.717) is 19.5 Å². The molecule has 31 heavy (non-hydrogen) atoms. The fourth-order valence-electron chi connectivity index (χ4n) is 4.45. The number of likely N-dealkylation sites (tertiary alicyclic amines) is 1. The highest BCUT2D eigenvalue weighted by Crippen LogP contribution is 2.21. The molecular formula is C26H31N3O2. The summed E-state index contributed by atoms with van der Waals surface area (Å²) in [5.41, 5.74) is 3.57. The second-order valence-corrected chi connectivity index (χ2v) is 8.42. The smallest absolute Gasteiger partial charge is 0.224 e. The van der Waals surface area contributed by atoms with Gasteiger partial charge in [-0.1, -0.05) is 48.5 Å². The number of hydrogen-bond donors (Lipinski definition) is 2. The minimum atomic E-state index is -0.0949. The van der Waals surface area contributed by atoms with Crippen LogP contribution in [-0.4, -0.2) is 41.3 Å². The molecule has 1 aliphatic heterocycles. The second-order valence-electron chi connectivity index (χ2n) is 8.42. The van der Waals surface area contributed by atoms with Crippen LogP contribution in [0, 0.1) is 5.92 Å². The van der Waals surface area contributed by atoms with Gasteiger partial charge in [0.2, 0.25) is 11.8 Å². The van der Waals surface area contributed by atoms with Gasteiger partial charge in [0.1, 0.15) is 0 Å². The molecule has 4 rings (SSSR count). The number of carbonyl (C=O) groups is 2. The molecule has 1 fully saturated rings. The van der Waals surface area contributed by atoms with Crippen molar-refractivity contribution >= 4 is 22.7 Å². The van der Waals surface area contributed by atoms with Crippen LogP contribution >= 0.6 is 0 Å². The van der Waals surface area contributed by atoms with Crippen molar-refractivity contribution in [3.63, 3.8) is 0 Å². The molecule has 2 N–H and O–H groups in total. The Hall–Kier alpha value is -3.08. The van der Waals surface area contributed by atoms with Crippen LogP contribution in [0.5, 0.6) is 0 Å². The third-order valence-electron chi connectivity index (χ3n) is 6.21. The van der Waals surface area contributed by atoms with Crippen molar-refractivity contribution < 1.29 is 9.59 Å². The first-order valence-electron chi connectivity index (χ1n) is 11.3. The van der Waals surface area contributed by atoms with E-state index in [-0.39, 0.29) is 17.7 Å². The van der Waals surface area contributed by atoms with Crippen LogP contribution in [0.4, 0.5) is 0 Å². The van der Waals surface area contributed by atoms with Gasteiger partial charge in [-0.25, -0.2) is 0 Å². The molecular weight excluding hydrogens is 386 g/mol. The number of rotatable bonds is 8. The Morgan fingerprint density at radius 2 is 1.84 bits per heavy atom. The minimum Gasteiger partial charge on any atom is -0.361 e. The Morgan fingerprint density at radius 3 is 2.71 bits per heavy atom. The molecule has 2 aromatic carbocycles. The molecule has 2 amide bonds. The first-order chi connectivity index (χ1) is 15.2. The minimum absolute atomic E-state index is 0.0854. The van der Waals surface area contributed by atoms with Gasteiger partial charge in [0, 0.05) is 43.2 Å². The average molecular weight is 418 g/mol. The zero-order valence-corrected chi connectivity index (χ0v) is 18.0.